The maximum Gasteiger partial charge on any atom is 2.00 e. The molecule has 0 unspecified atom stereocenters. The molecule has 11 heavy (non-hydrogen) atoms. The third-order valence-electron chi connectivity index (χ3n) is 0. The van der Waals surface area contributed by atoms with E-state index in [9.17, 15) is 0 Å². The van der Waals surface area contributed by atoms with Gasteiger partial charge in [0.15, 0.2) is 0 Å². The van der Waals surface area contributed by atoms with E-state index in [0.717, 1.165) is 13.8 Å². The van der Waals surface area contributed by atoms with E-state index < -0.39 is 11.9 Å². The van der Waals surface area contributed by atoms with Gasteiger partial charge in [-0.05, 0) is 13.8 Å². The normalized spacial score (nSPS) is 4.55. The smallest absolute Gasteiger partial charge is 1.00 e. The molecule has 0 bridgehead atoms. The Hall–Kier alpha value is 0.563. The van der Waals surface area contributed by atoms with Crippen LogP contribution in [0.5, 0.6) is 0 Å². The Bertz CT molecular complexity index is 85.1. The molecule has 0 fully saturated rings. The van der Waals surface area contributed by atoms with Crippen molar-refractivity contribution in [1.82, 2.24) is 0 Å². The van der Waals surface area contributed by atoms with Crippen molar-refractivity contribution in [2.75, 3.05) is 0 Å². The van der Waals surface area contributed by atoms with Crippen molar-refractivity contribution in [3.05, 3.63) is 0 Å². The van der Waals surface area contributed by atoms with E-state index >= 15 is 0 Å². The fraction of sp³-hybridized carbons (Fsp3) is 0.500. The first kappa shape index (κ1) is 30.0. The molecule has 2 radical (unpaired) electrons. The van der Waals surface area contributed by atoms with Gasteiger partial charge in [-0.25, -0.2) is 0 Å². The minimum atomic E-state index is -1.08. The Morgan fingerprint density at radius 2 is 1.09 bits per heavy atom. The van der Waals surface area contributed by atoms with E-state index in [-0.39, 0.29) is 54.1 Å². The van der Waals surface area contributed by atoms with E-state index in [1.54, 1.807) is 0 Å². The van der Waals surface area contributed by atoms with Gasteiger partial charge in [0.05, 0.1) is 0 Å². The first-order valence-corrected chi connectivity index (χ1v) is 1.82. The third kappa shape index (κ3) is 2440. The van der Waals surface area contributed by atoms with E-state index in [1.165, 1.54) is 0 Å². The molecule has 0 atom stereocenters. The fourth-order valence-electron chi connectivity index (χ4n) is 0. The summed E-state index contributed by atoms with van der Waals surface area (Å²) in [4.78, 5) is 17.8. The van der Waals surface area contributed by atoms with Crippen LogP contribution >= 0.6 is 0 Å². The number of aliphatic carboxylic acids is 2. The van der Waals surface area contributed by atoms with Crippen LogP contribution in [0.15, 0.2) is 0 Å². The van der Waals surface area contributed by atoms with Crippen molar-refractivity contribution in [3.8, 4) is 0 Å². The second kappa shape index (κ2) is 22.4. The van der Waals surface area contributed by atoms with Gasteiger partial charge in [-0.15, -0.1) is 0 Å². The van der Waals surface area contributed by atoms with E-state index in [4.69, 9.17) is 19.8 Å². The topological polar surface area (TPSA) is 80.3 Å². The maximum atomic E-state index is 8.89. The Labute approximate surface area is 99.4 Å². The zero-order valence-electron chi connectivity index (χ0n) is 7.34. The van der Waals surface area contributed by atoms with Gasteiger partial charge < -0.3 is 21.2 Å². The Morgan fingerprint density at radius 1 is 1.09 bits per heavy atom. The standard InChI is InChI=1S/2C2H4O2.Co.Li.Mn.H/c2*1-2(3)4;;;;/h2*1H3,(H,3,4);;;;/q;;+2;+1;;-1/p-2. The summed E-state index contributed by atoms with van der Waals surface area (Å²) in [5.74, 6) is -2.17. The van der Waals surface area contributed by atoms with Crippen molar-refractivity contribution in [2.45, 2.75) is 13.8 Å². The number of carboxylic acids is 2. The zero-order valence-corrected chi connectivity index (χ0v) is 8.57. The third-order valence-corrected chi connectivity index (χ3v) is 0. The molecular weight excluding hydrogens is 233 g/mol. The number of carboxylic acid groups (broad SMARTS) is 2. The van der Waals surface area contributed by atoms with Gasteiger partial charge in [-0.3, -0.25) is 0 Å². The molecule has 0 aliphatic rings. The van der Waals surface area contributed by atoms with Crippen LogP contribution in [0.4, 0.5) is 0 Å². The number of hydrogen-bond donors (Lipinski definition) is 0. The quantitative estimate of drug-likeness (QED) is 0.396. The molecule has 4 nitrogen and oxygen atoms in total. The number of hydrogen-bond acceptors (Lipinski definition) is 4. The largest absolute Gasteiger partial charge is 2.00 e. The van der Waals surface area contributed by atoms with Crippen LogP contribution in [-0.4, -0.2) is 11.9 Å². The molecule has 0 amide bonds. The molecule has 0 spiro atoms. The maximum absolute atomic E-state index is 8.89. The molecule has 0 heterocycles. The monoisotopic (exact) mass is 240 g/mol. The molecule has 0 rings (SSSR count). The fourth-order valence-corrected chi connectivity index (χ4v) is 0. The summed E-state index contributed by atoms with van der Waals surface area (Å²) in [6.45, 7) is 1.94. The van der Waals surface area contributed by atoms with Gasteiger partial charge in [0.2, 0.25) is 0 Å². The van der Waals surface area contributed by atoms with Crippen molar-refractivity contribution in [3.63, 3.8) is 0 Å². The molecule has 0 aromatic heterocycles. The Kier molecular flexibility index (Phi) is 61.1. The number of rotatable bonds is 0. The molecule has 0 aromatic carbocycles. The van der Waals surface area contributed by atoms with Crippen LogP contribution < -0.4 is 29.1 Å². The molecule has 64 valence electrons. The van der Waals surface area contributed by atoms with Crippen LogP contribution in [0.3, 0.4) is 0 Å². The molecule has 0 aliphatic carbocycles. The minimum Gasteiger partial charge on any atom is -1.00 e. The molecule has 0 aromatic rings. The summed E-state index contributed by atoms with van der Waals surface area (Å²) in [6, 6.07) is 0. The predicted octanol–water partition coefficient (Wildman–Crippen LogP) is -5.38. The van der Waals surface area contributed by atoms with Gasteiger partial charge in [-0.1, -0.05) is 0 Å². The summed E-state index contributed by atoms with van der Waals surface area (Å²) in [7, 11) is 0. The van der Waals surface area contributed by atoms with Gasteiger partial charge in [-0.2, -0.15) is 0 Å². The summed E-state index contributed by atoms with van der Waals surface area (Å²) in [6.07, 6.45) is 0. The molecule has 0 N–H and O–H groups in total. The zero-order chi connectivity index (χ0) is 7.15. The summed E-state index contributed by atoms with van der Waals surface area (Å²) in [5, 5.41) is 17.8. The molecule has 0 saturated carbocycles. The van der Waals surface area contributed by atoms with Crippen molar-refractivity contribution in [1.29, 1.82) is 0 Å². The average molecular weight is 240 g/mol. The van der Waals surface area contributed by atoms with Crippen molar-refractivity contribution < 1.29 is 73.9 Å². The summed E-state index contributed by atoms with van der Waals surface area (Å²) < 4.78 is 0. The van der Waals surface area contributed by atoms with Crippen molar-refractivity contribution in [2.24, 2.45) is 0 Å². The molecular formula is C4H7CoLiMnO4. The Balaban J connectivity index is -0.0000000112. The predicted molar refractivity (Wildman–Crippen MR) is 22.5 cm³/mol. The first-order valence-electron chi connectivity index (χ1n) is 1.82. The number of carbonyl (C=O) groups is 2. The van der Waals surface area contributed by atoms with E-state index in [1.807, 2.05) is 0 Å². The van der Waals surface area contributed by atoms with E-state index in [0.29, 0.717) is 0 Å². The van der Waals surface area contributed by atoms with Crippen LogP contribution in [-0.2, 0) is 43.4 Å². The van der Waals surface area contributed by atoms with E-state index in [2.05, 4.69) is 0 Å². The molecule has 0 saturated heterocycles. The SMILES string of the molecule is CC(=O)[O-].CC(=O)[O-].[Co+2].[H-].[Li+].[Mn]. The van der Waals surface area contributed by atoms with Crippen LogP contribution in [0, 0.1) is 0 Å². The molecule has 7 heteroatoms. The second-order valence-corrected chi connectivity index (χ2v) is 0.983. The summed E-state index contributed by atoms with van der Waals surface area (Å²) >= 11 is 0. The number of carbonyl (C=O) groups excluding carboxylic acids is 2. The van der Waals surface area contributed by atoms with Crippen molar-refractivity contribution >= 4 is 11.9 Å². The van der Waals surface area contributed by atoms with Gasteiger partial charge in [0, 0.05) is 29.0 Å². The minimum absolute atomic E-state index is 0. The Morgan fingerprint density at radius 3 is 1.09 bits per heavy atom. The van der Waals surface area contributed by atoms with Gasteiger partial charge >= 0.3 is 35.6 Å². The first-order chi connectivity index (χ1) is 3.46. The second-order valence-electron chi connectivity index (χ2n) is 0.983. The average Bonchev–Trinajstić information content (AvgIpc) is 1.25. The van der Waals surface area contributed by atoms with Crippen LogP contribution in [0.2, 0.25) is 0 Å². The summed E-state index contributed by atoms with van der Waals surface area (Å²) in [5.41, 5.74) is 0. The van der Waals surface area contributed by atoms with Gasteiger partial charge in [0.1, 0.15) is 0 Å². The van der Waals surface area contributed by atoms with Crippen LogP contribution in [0.25, 0.3) is 0 Å². The van der Waals surface area contributed by atoms with Crippen LogP contribution in [0.1, 0.15) is 15.3 Å². The van der Waals surface area contributed by atoms with Gasteiger partial charge in [0.25, 0.3) is 0 Å². The molecule has 0 aliphatic heterocycles.